The summed E-state index contributed by atoms with van der Waals surface area (Å²) >= 11 is 1.30. The molecule has 0 aliphatic carbocycles. The average Bonchev–Trinajstić information content (AvgIpc) is 3.30. The molecule has 4 rings (SSSR count). The number of amides is 1. The van der Waals surface area contributed by atoms with Crippen LogP contribution in [0.1, 0.15) is 15.2 Å². The van der Waals surface area contributed by atoms with Crippen molar-refractivity contribution >= 4 is 38.7 Å². The molecule has 2 heterocycles. The molecule has 27 heavy (non-hydrogen) atoms. The van der Waals surface area contributed by atoms with Crippen LogP contribution in [-0.4, -0.2) is 20.6 Å². The van der Waals surface area contributed by atoms with Gasteiger partial charge in [-0.3, -0.25) is 19.6 Å². The van der Waals surface area contributed by atoms with Crippen LogP contribution in [0.3, 0.4) is 0 Å². The highest BCUT2D eigenvalue weighted by Gasteiger charge is 2.13. The zero-order chi connectivity index (χ0) is 18.8. The number of carbonyl (C=O) groups excluding carboxylic acids is 1. The molecule has 2 aromatic heterocycles. The highest BCUT2D eigenvalue weighted by Crippen LogP contribution is 2.29. The van der Waals surface area contributed by atoms with E-state index in [9.17, 15) is 14.9 Å². The molecule has 8 heteroatoms. The van der Waals surface area contributed by atoms with Crippen molar-refractivity contribution in [2.24, 2.45) is 0 Å². The van der Waals surface area contributed by atoms with Crippen molar-refractivity contribution in [3.63, 3.8) is 0 Å². The predicted molar refractivity (Wildman–Crippen MR) is 104 cm³/mol. The molecule has 4 aromatic rings. The molecular formula is C19H14N4O3S. The van der Waals surface area contributed by atoms with Crippen LogP contribution >= 0.6 is 11.3 Å². The minimum Gasteiger partial charge on any atom is -0.321 e. The van der Waals surface area contributed by atoms with E-state index in [-0.39, 0.29) is 11.6 Å². The number of benzene rings is 2. The van der Waals surface area contributed by atoms with E-state index < -0.39 is 4.92 Å². The van der Waals surface area contributed by atoms with Crippen molar-refractivity contribution in [1.82, 2.24) is 9.78 Å². The fourth-order valence-electron chi connectivity index (χ4n) is 2.78. The van der Waals surface area contributed by atoms with Crippen LogP contribution in [0, 0.1) is 10.1 Å². The van der Waals surface area contributed by atoms with Gasteiger partial charge in [-0.05, 0) is 35.9 Å². The van der Waals surface area contributed by atoms with Gasteiger partial charge in [0.05, 0.1) is 16.3 Å². The normalized spacial score (nSPS) is 10.8. The van der Waals surface area contributed by atoms with E-state index in [1.807, 2.05) is 36.5 Å². The van der Waals surface area contributed by atoms with Gasteiger partial charge in [-0.25, -0.2) is 0 Å². The summed E-state index contributed by atoms with van der Waals surface area (Å²) in [4.78, 5) is 23.5. The van der Waals surface area contributed by atoms with Crippen LogP contribution in [0.2, 0.25) is 0 Å². The summed E-state index contributed by atoms with van der Waals surface area (Å²) in [5.41, 5.74) is 1.72. The third-order valence-corrected chi connectivity index (χ3v) is 5.14. The summed E-state index contributed by atoms with van der Waals surface area (Å²) in [6, 6.07) is 15.7. The Labute approximate surface area is 158 Å². The van der Waals surface area contributed by atoms with E-state index in [1.54, 1.807) is 23.0 Å². The predicted octanol–water partition coefficient (Wildman–Crippen LogP) is 4.31. The van der Waals surface area contributed by atoms with Crippen molar-refractivity contribution in [3.8, 4) is 0 Å². The zero-order valence-electron chi connectivity index (χ0n) is 14.0. The minimum absolute atomic E-state index is 0.0126. The van der Waals surface area contributed by atoms with Crippen molar-refractivity contribution in [3.05, 3.63) is 87.5 Å². The molecular weight excluding hydrogens is 364 g/mol. The van der Waals surface area contributed by atoms with Crippen LogP contribution in [0.15, 0.2) is 67.0 Å². The molecule has 0 aliphatic rings. The molecule has 0 radical (unpaired) electrons. The fourth-order valence-corrected chi connectivity index (χ4v) is 3.72. The van der Waals surface area contributed by atoms with Crippen molar-refractivity contribution < 1.29 is 9.72 Å². The van der Waals surface area contributed by atoms with Gasteiger partial charge in [-0.1, -0.05) is 12.1 Å². The molecule has 1 N–H and O–H groups in total. The number of carbonyl (C=O) groups is 1. The Bertz CT molecular complexity index is 1140. The molecule has 0 saturated heterocycles. The SMILES string of the molecule is O=C(Nc1cccc(Cn2cccn2)c1)c1cc2cc([N+](=O)[O-])ccc2s1. The van der Waals surface area contributed by atoms with Gasteiger partial charge in [0.1, 0.15) is 0 Å². The molecule has 0 bridgehead atoms. The lowest BCUT2D eigenvalue weighted by molar-refractivity contribution is -0.384. The van der Waals surface area contributed by atoms with Crippen LogP contribution in [0.25, 0.3) is 10.1 Å². The molecule has 2 aromatic carbocycles. The summed E-state index contributed by atoms with van der Waals surface area (Å²) in [6.45, 7) is 0.614. The Morgan fingerprint density at radius 1 is 1.19 bits per heavy atom. The van der Waals surface area contributed by atoms with E-state index >= 15 is 0 Å². The van der Waals surface area contributed by atoms with Gasteiger partial charge in [0.25, 0.3) is 11.6 Å². The van der Waals surface area contributed by atoms with Gasteiger partial charge in [0.2, 0.25) is 0 Å². The highest BCUT2D eigenvalue weighted by molar-refractivity contribution is 7.20. The number of nitrogens with zero attached hydrogens (tertiary/aromatic N) is 3. The second-order valence-corrected chi connectivity index (χ2v) is 7.03. The summed E-state index contributed by atoms with van der Waals surface area (Å²) in [5.74, 6) is -0.241. The van der Waals surface area contributed by atoms with E-state index in [4.69, 9.17) is 0 Å². The maximum Gasteiger partial charge on any atom is 0.270 e. The summed E-state index contributed by atoms with van der Waals surface area (Å²) < 4.78 is 2.64. The summed E-state index contributed by atoms with van der Waals surface area (Å²) in [5, 5.41) is 18.6. The van der Waals surface area contributed by atoms with Crippen LogP contribution in [-0.2, 0) is 6.54 Å². The number of nitro groups is 1. The first-order valence-corrected chi connectivity index (χ1v) is 8.96. The molecule has 0 saturated carbocycles. The lowest BCUT2D eigenvalue weighted by atomic mass is 10.2. The molecule has 0 unspecified atom stereocenters. The third-order valence-electron chi connectivity index (χ3n) is 4.02. The first-order valence-electron chi connectivity index (χ1n) is 8.14. The Balaban J connectivity index is 1.53. The van der Waals surface area contributed by atoms with Crippen LogP contribution < -0.4 is 5.32 Å². The number of anilines is 1. The number of fused-ring (bicyclic) bond motifs is 1. The highest BCUT2D eigenvalue weighted by atomic mass is 32.1. The fraction of sp³-hybridized carbons (Fsp3) is 0.0526. The number of hydrogen-bond donors (Lipinski definition) is 1. The van der Waals surface area contributed by atoms with Crippen LogP contribution in [0.5, 0.6) is 0 Å². The topological polar surface area (TPSA) is 90.1 Å². The smallest absolute Gasteiger partial charge is 0.270 e. The van der Waals surface area contributed by atoms with E-state index in [0.29, 0.717) is 22.5 Å². The quantitative estimate of drug-likeness (QED) is 0.414. The second kappa shape index (κ2) is 7.00. The Morgan fingerprint density at radius 3 is 2.85 bits per heavy atom. The van der Waals surface area contributed by atoms with E-state index in [0.717, 1.165) is 10.3 Å². The number of rotatable bonds is 5. The summed E-state index contributed by atoms with van der Waals surface area (Å²) in [7, 11) is 0. The summed E-state index contributed by atoms with van der Waals surface area (Å²) in [6.07, 6.45) is 3.60. The maximum atomic E-state index is 12.6. The molecule has 0 spiro atoms. The molecule has 1 amide bonds. The van der Waals surface area contributed by atoms with Crippen molar-refractivity contribution in [2.45, 2.75) is 6.54 Å². The van der Waals surface area contributed by atoms with Gasteiger partial charge < -0.3 is 5.32 Å². The number of aromatic nitrogens is 2. The van der Waals surface area contributed by atoms with E-state index in [1.165, 1.54) is 23.5 Å². The first kappa shape index (κ1) is 16.9. The van der Waals surface area contributed by atoms with Crippen molar-refractivity contribution in [2.75, 3.05) is 5.32 Å². The molecule has 7 nitrogen and oxygen atoms in total. The average molecular weight is 378 g/mol. The maximum absolute atomic E-state index is 12.6. The Morgan fingerprint density at radius 2 is 2.07 bits per heavy atom. The first-order chi connectivity index (χ1) is 13.1. The minimum atomic E-state index is -0.443. The second-order valence-electron chi connectivity index (χ2n) is 5.95. The van der Waals surface area contributed by atoms with Crippen molar-refractivity contribution in [1.29, 1.82) is 0 Å². The Kier molecular flexibility index (Phi) is 4.39. The molecule has 0 fully saturated rings. The van der Waals surface area contributed by atoms with Gasteiger partial charge in [-0.15, -0.1) is 11.3 Å². The number of hydrogen-bond acceptors (Lipinski definition) is 5. The van der Waals surface area contributed by atoms with E-state index in [2.05, 4.69) is 10.4 Å². The standard InChI is InChI=1S/C19H14N4O3S/c24-19(18-11-14-10-16(23(25)26)5-6-17(14)27-18)21-15-4-1-3-13(9-15)12-22-8-2-7-20-22/h1-11H,12H2,(H,21,24). The van der Waals surface area contributed by atoms with Gasteiger partial charge in [-0.2, -0.15) is 5.10 Å². The number of nitro benzene ring substituents is 1. The zero-order valence-corrected chi connectivity index (χ0v) is 14.8. The monoisotopic (exact) mass is 378 g/mol. The molecule has 0 aliphatic heterocycles. The van der Waals surface area contributed by atoms with Crippen LogP contribution in [0.4, 0.5) is 11.4 Å². The lowest BCUT2D eigenvalue weighted by Crippen LogP contribution is -2.10. The van der Waals surface area contributed by atoms with Gasteiger partial charge in [0.15, 0.2) is 0 Å². The Hall–Kier alpha value is -3.52. The molecule has 0 atom stereocenters. The number of non-ortho nitro benzene ring substituents is 1. The van der Waals surface area contributed by atoms with Gasteiger partial charge >= 0.3 is 0 Å². The third kappa shape index (κ3) is 3.70. The molecule has 134 valence electrons. The number of nitrogens with one attached hydrogen (secondary N) is 1. The van der Waals surface area contributed by atoms with Gasteiger partial charge in [0, 0.05) is 40.3 Å². The lowest BCUT2D eigenvalue weighted by Gasteiger charge is -2.07. The largest absolute Gasteiger partial charge is 0.321 e. The number of thiophene rings is 1.